The van der Waals surface area contributed by atoms with Gasteiger partial charge >= 0.3 is 5.97 Å². The third kappa shape index (κ3) is 1.80. The van der Waals surface area contributed by atoms with Crippen LogP contribution < -0.4 is 9.64 Å². The van der Waals surface area contributed by atoms with Gasteiger partial charge in [-0.2, -0.15) is 0 Å². The summed E-state index contributed by atoms with van der Waals surface area (Å²) in [6.07, 6.45) is 0.831. The van der Waals surface area contributed by atoms with E-state index in [1.807, 2.05) is 28.5 Å². The average Bonchev–Trinajstić information content (AvgIpc) is 2.91. The fraction of sp³-hybridized carbons (Fsp3) is 0.167. The maximum atomic E-state index is 11.1. The molecule has 0 saturated heterocycles. The monoisotopic (exact) mass is 262 g/mol. The molecule has 92 valence electrons. The number of aromatic nitrogens is 1. The van der Waals surface area contributed by atoms with Crippen molar-refractivity contribution in [1.29, 1.82) is 0 Å². The Morgan fingerprint density at radius 3 is 3.06 bits per heavy atom. The van der Waals surface area contributed by atoms with Gasteiger partial charge in [-0.05, 0) is 12.1 Å². The number of carbonyl (C=O) groups is 1. The van der Waals surface area contributed by atoms with Crippen molar-refractivity contribution < 1.29 is 14.6 Å². The normalized spacial score (nSPS) is 18.0. The highest BCUT2D eigenvalue weighted by Gasteiger charge is 2.31. The molecule has 1 N–H and O–H groups in total. The van der Waals surface area contributed by atoms with Gasteiger partial charge in [0.05, 0.1) is 12.2 Å². The van der Waals surface area contributed by atoms with Crippen molar-refractivity contribution in [3.8, 4) is 5.75 Å². The molecule has 1 unspecified atom stereocenters. The minimum Gasteiger partial charge on any atom is -0.478 e. The fourth-order valence-electron chi connectivity index (χ4n) is 1.89. The van der Waals surface area contributed by atoms with Gasteiger partial charge in [-0.3, -0.25) is 0 Å². The first-order valence-electron chi connectivity index (χ1n) is 5.41. The molecule has 3 rings (SSSR count). The molecular formula is C12H10N2O3S. The minimum absolute atomic E-state index is 0.264. The number of carboxylic acid groups (broad SMARTS) is 1. The topological polar surface area (TPSA) is 62.7 Å². The fourth-order valence-corrected chi connectivity index (χ4v) is 2.56. The van der Waals surface area contributed by atoms with Gasteiger partial charge in [0.25, 0.3) is 0 Å². The van der Waals surface area contributed by atoms with Crippen LogP contribution in [0.5, 0.6) is 5.75 Å². The molecule has 1 atom stereocenters. The summed E-state index contributed by atoms with van der Waals surface area (Å²) in [5, 5.41) is 11.7. The van der Waals surface area contributed by atoms with Gasteiger partial charge in [0.2, 0.25) is 6.10 Å². The van der Waals surface area contributed by atoms with E-state index in [9.17, 15) is 4.79 Å². The summed E-state index contributed by atoms with van der Waals surface area (Å²) in [6.45, 7) is 0.264. The van der Waals surface area contributed by atoms with E-state index in [1.165, 1.54) is 11.3 Å². The van der Waals surface area contributed by atoms with Crippen LogP contribution in [-0.2, 0) is 4.79 Å². The van der Waals surface area contributed by atoms with E-state index in [1.54, 1.807) is 12.3 Å². The molecular weight excluding hydrogens is 252 g/mol. The predicted octanol–water partition coefficient (Wildman–Crippen LogP) is 2.13. The third-order valence-electron chi connectivity index (χ3n) is 2.70. The lowest BCUT2D eigenvalue weighted by atomic mass is 10.2. The first-order valence-corrected chi connectivity index (χ1v) is 6.29. The first kappa shape index (κ1) is 11.0. The highest BCUT2D eigenvalue weighted by Crippen LogP contribution is 2.38. The van der Waals surface area contributed by atoms with Crippen molar-refractivity contribution in [2.24, 2.45) is 0 Å². The van der Waals surface area contributed by atoms with Gasteiger partial charge in [-0.25, -0.2) is 9.78 Å². The van der Waals surface area contributed by atoms with Gasteiger partial charge in [-0.15, -0.1) is 11.3 Å². The number of ether oxygens (including phenoxy) is 1. The number of nitrogens with zero attached hydrogens (tertiary/aromatic N) is 2. The van der Waals surface area contributed by atoms with Crippen LogP contribution in [0.2, 0.25) is 0 Å². The molecule has 0 amide bonds. The van der Waals surface area contributed by atoms with Crippen LogP contribution in [0.4, 0.5) is 10.8 Å². The lowest BCUT2D eigenvalue weighted by molar-refractivity contribution is -0.144. The molecule has 1 aliphatic heterocycles. The van der Waals surface area contributed by atoms with E-state index in [2.05, 4.69) is 4.98 Å². The van der Waals surface area contributed by atoms with Crippen molar-refractivity contribution in [2.75, 3.05) is 11.4 Å². The number of hydrogen-bond donors (Lipinski definition) is 1. The number of rotatable bonds is 2. The van der Waals surface area contributed by atoms with Crippen LogP contribution in [0.15, 0.2) is 35.8 Å². The summed E-state index contributed by atoms with van der Waals surface area (Å²) >= 11 is 1.47. The molecule has 2 heterocycles. The molecule has 1 aliphatic rings. The number of fused-ring (bicyclic) bond motifs is 1. The predicted molar refractivity (Wildman–Crippen MR) is 67.6 cm³/mol. The number of para-hydroxylation sites is 2. The van der Waals surface area contributed by atoms with Gasteiger partial charge in [-0.1, -0.05) is 12.1 Å². The Morgan fingerprint density at radius 2 is 2.33 bits per heavy atom. The maximum Gasteiger partial charge on any atom is 0.346 e. The maximum absolute atomic E-state index is 11.1. The second kappa shape index (κ2) is 4.30. The van der Waals surface area contributed by atoms with Gasteiger partial charge in [0.15, 0.2) is 5.13 Å². The van der Waals surface area contributed by atoms with Crippen molar-refractivity contribution in [3.05, 3.63) is 35.8 Å². The Morgan fingerprint density at radius 1 is 1.50 bits per heavy atom. The van der Waals surface area contributed by atoms with Crippen molar-refractivity contribution in [3.63, 3.8) is 0 Å². The molecule has 0 saturated carbocycles. The largest absolute Gasteiger partial charge is 0.478 e. The SMILES string of the molecule is O=C(O)C1CN(c2nccs2)c2ccccc2O1. The summed E-state index contributed by atoms with van der Waals surface area (Å²) in [5.41, 5.74) is 0.852. The summed E-state index contributed by atoms with van der Waals surface area (Å²) in [4.78, 5) is 17.2. The molecule has 0 radical (unpaired) electrons. The lowest BCUT2D eigenvalue weighted by Crippen LogP contribution is -2.42. The van der Waals surface area contributed by atoms with Crippen LogP contribution >= 0.6 is 11.3 Å². The summed E-state index contributed by atoms with van der Waals surface area (Å²) in [5.74, 6) is -0.391. The molecule has 1 aromatic carbocycles. The second-order valence-corrected chi connectivity index (χ2v) is 4.71. The van der Waals surface area contributed by atoms with Crippen molar-refractivity contribution >= 4 is 28.1 Å². The van der Waals surface area contributed by atoms with Crippen LogP contribution in [0.3, 0.4) is 0 Å². The Labute approximate surface area is 107 Å². The zero-order chi connectivity index (χ0) is 12.5. The summed E-state index contributed by atoms with van der Waals surface area (Å²) < 4.78 is 5.46. The standard InChI is InChI=1S/C12H10N2O3S/c15-11(16)10-7-14(12-13-5-6-18-12)8-3-1-2-4-9(8)17-10/h1-6,10H,7H2,(H,15,16). The number of benzene rings is 1. The van der Waals surface area contributed by atoms with E-state index in [0.29, 0.717) is 5.75 Å². The van der Waals surface area contributed by atoms with Gasteiger partial charge in [0.1, 0.15) is 5.75 Å². The molecule has 0 spiro atoms. The molecule has 2 aromatic rings. The Balaban J connectivity index is 2.05. The average molecular weight is 262 g/mol. The number of anilines is 2. The Hall–Kier alpha value is -2.08. The van der Waals surface area contributed by atoms with Crippen molar-refractivity contribution in [2.45, 2.75) is 6.10 Å². The summed E-state index contributed by atoms with van der Waals surface area (Å²) in [6, 6.07) is 7.38. The quantitative estimate of drug-likeness (QED) is 0.898. The van der Waals surface area contributed by atoms with Crippen LogP contribution in [0.1, 0.15) is 0 Å². The molecule has 0 fully saturated rings. The van der Waals surface area contributed by atoms with E-state index >= 15 is 0 Å². The van der Waals surface area contributed by atoms with E-state index in [-0.39, 0.29) is 6.54 Å². The Kier molecular flexibility index (Phi) is 2.64. The number of carboxylic acids is 1. The lowest BCUT2D eigenvalue weighted by Gasteiger charge is -2.32. The highest BCUT2D eigenvalue weighted by atomic mass is 32.1. The molecule has 0 bridgehead atoms. The van der Waals surface area contributed by atoms with Crippen LogP contribution in [0.25, 0.3) is 0 Å². The van der Waals surface area contributed by atoms with E-state index in [4.69, 9.17) is 9.84 Å². The van der Waals surface area contributed by atoms with Crippen molar-refractivity contribution in [1.82, 2.24) is 4.98 Å². The number of hydrogen-bond acceptors (Lipinski definition) is 5. The zero-order valence-electron chi connectivity index (χ0n) is 9.31. The number of aliphatic carboxylic acids is 1. The zero-order valence-corrected chi connectivity index (χ0v) is 10.1. The second-order valence-electron chi connectivity index (χ2n) is 3.84. The van der Waals surface area contributed by atoms with E-state index < -0.39 is 12.1 Å². The third-order valence-corrected chi connectivity index (χ3v) is 3.49. The van der Waals surface area contributed by atoms with Crippen LogP contribution in [0, 0.1) is 0 Å². The minimum atomic E-state index is -0.967. The molecule has 5 nitrogen and oxygen atoms in total. The molecule has 0 aliphatic carbocycles. The number of thiazole rings is 1. The first-order chi connectivity index (χ1) is 8.75. The highest BCUT2D eigenvalue weighted by molar-refractivity contribution is 7.13. The molecule has 18 heavy (non-hydrogen) atoms. The Bertz CT molecular complexity index is 570. The van der Waals surface area contributed by atoms with Crippen LogP contribution in [-0.4, -0.2) is 28.7 Å². The van der Waals surface area contributed by atoms with Gasteiger partial charge < -0.3 is 14.7 Å². The molecule has 1 aromatic heterocycles. The summed E-state index contributed by atoms with van der Waals surface area (Å²) in [7, 11) is 0. The smallest absolute Gasteiger partial charge is 0.346 e. The van der Waals surface area contributed by atoms with Gasteiger partial charge in [0, 0.05) is 11.6 Å². The molecule has 6 heteroatoms. The van der Waals surface area contributed by atoms with E-state index in [0.717, 1.165) is 10.8 Å².